The van der Waals surface area contributed by atoms with Gasteiger partial charge in [-0.2, -0.15) is 0 Å². The maximum Gasteiger partial charge on any atom is 0.163 e. The molecule has 1 unspecified atom stereocenters. The van der Waals surface area contributed by atoms with E-state index in [0.29, 0.717) is 11.7 Å². The van der Waals surface area contributed by atoms with Crippen molar-refractivity contribution in [1.82, 2.24) is 0 Å². The van der Waals surface area contributed by atoms with Gasteiger partial charge in [0.25, 0.3) is 0 Å². The SMILES string of the molecule is O=C1CCC(C2CCCC2)c2ccccc21. The fourth-order valence-corrected chi connectivity index (χ4v) is 3.50. The number of carbonyl (C=O) groups excluding carboxylic acids is 1. The van der Waals surface area contributed by atoms with Gasteiger partial charge in [0.05, 0.1) is 0 Å². The lowest BCUT2D eigenvalue weighted by atomic mass is 9.75. The van der Waals surface area contributed by atoms with E-state index in [9.17, 15) is 4.79 Å². The molecular weight excluding hydrogens is 196 g/mol. The normalized spacial score (nSPS) is 25.8. The van der Waals surface area contributed by atoms with Crippen molar-refractivity contribution in [3.63, 3.8) is 0 Å². The molecule has 1 nitrogen and oxygen atoms in total. The zero-order valence-corrected chi connectivity index (χ0v) is 9.61. The van der Waals surface area contributed by atoms with Crippen LogP contribution in [0.5, 0.6) is 0 Å². The first-order valence-corrected chi connectivity index (χ1v) is 6.48. The zero-order chi connectivity index (χ0) is 11.0. The number of ketones is 1. The Bertz CT molecular complexity index is 402. The summed E-state index contributed by atoms with van der Waals surface area (Å²) >= 11 is 0. The molecule has 1 heteroatoms. The fourth-order valence-electron chi connectivity index (χ4n) is 3.50. The molecule has 2 aliphatic carbocycles. The summed E-state index contributed by atoms with van der Waals surface area (Å²) < 4.78 is 0. The molecule has 1 aromatic carbocycles. The van der Waals surface area contributed by atoms with Gasteiger partial charge in [0.1, 0.15) is 0 Å². The summed E-state index contributed by atoms with van der Waals surface area (Å²) in [6, 6.07) is 8.27. The smallest absolute Gasteiger partial charge is 0.163 e. The van der Waals surface area contributed by atoms with Gasteiger partial charge in [-0.3, -0.25) is 4.79 Å². The maximum atomic E-state index is 11.8. The lowest BCUT2D eigenvalue weighted by Gasteiger charge is -2.29. The van der Waals surface area contributed by atoms with Crippen molar-refractivity contribution in [1.29, 1.82) is 0 Å². The molecule has 0 bridgehead atoms. The molecule has 1 aromatic rings. The molecule has 1 saturated carbocycles. The van der Waals surface area contributed by atoms with Crippen LogP contribution in [0, 0.1) is 5.92 Å². The Morgan fingerprint density at radius 3 is 2.56 bits per heavy atom. The summed E-state index contributed by atoms with van der Waals surface area (Å²) in [5, 5.41) is 0. The predicted octanol–water partition coefficient (Wildman–Crippen LogP) is 3.94. The number of carbonyl (C=O) groups is 1. The van der Waals surface area contributed by atoms with E-state index >= 15 is 0 Å². The third-order valence-electron chi connectivity index (χ3n) is 4.31. The van der Waals surface area contributed by atoms with Crippen molar-refractivity contribution < 1.29 is 4.79 Å². The molecule has 0 spiro atoms. The Labute approximate surface area is 96.9 Å². The van der Waals surface area contributed by atoms with E-state index in [-0.39, 0.29) is 0 Å². The van der Waals surface area contributed by atoms with Gasteiger partial charge in [-0.1, -0.05) is 37.1 Å². The highest BCUT2D eigenvalue weighted by molar-refractivity contribution is 5.98. The standard InChI is InChI=1S/C15H18O/c16-15-10-9-12(11-5-1-2-6-11)13-7-3-4-8-14(13)15/h3-4,7-8,11-12H,1-2,5-6,9-10H2. The van der Waals surface area contributed by atoms with E-state index in [1.807, 2.05) is 12.1 Å². The first-order chi connectivity index (χ1) is 7.86. The Morgan fingerprint density at radius 1 is 1.00 bits per heavy atom. The molecule has 16 heavy (non-hydrogen) atoms. The molecule has 2 aliphatic rings. The monoisotopic (exact) mass is 214 g/mol. The highest BCUT2D eigenvalue weighted by atomic mass is 16.1. The van der Waals surface area contributed by atoms with Gasteiger partial charge in [-0.25, -0.2) is 0 Å². The van der Waals surface area contributed by atoms with Crippen LogP contribution in [0.25, 0.3) is 0 Å². The Hall–Kier alpha value is -1.11. The van der Waals surface area contributed by atoms with Gasteiger partial charge in [0.2, 0.25) is 0 Å². The molecular formula is C15H18O. The van der Waals surface area contributed by atoms with Crippen LogP contribution in [0.4, 0.5) is 0 Å². The van der Waals surface area contributed by atoms with E-state index in [4.69, 9.17) is 0 Å². The quantitative estimate of drug-likeness (QED) is 0.692. The number of fused-ring (bicyclic) bond motifs is 1. The first kappa shape index (κ1) is 10.1. The summed E-state index contributed by atoms with van der Waals surface area (Å²) in [6.07, 6.45) is 7.35. The van der Waals surface area contributed by atoms with Gasteiger partial charge in [-0.05, 0) is 36.7 Å². The van der Waals surface area contributed by atoms with Crippen molar-refractivity contribution in [2.45, 2.75) is 44.4 Å². The largest absolute Gasteiger partial charge is 0.294 e. The van der Waals surface area contributed by atoms with Crippen LogP contribution in [-0.2, 0) is 0 Å². The summed E-state index contributed by atoms with van der Waals surface area (Å²) in [4.78, 5) is 11.8. The average Bonchev–Trinajstić information content (AvgIpc) is 2.83. The van der Waals surface area contributed by atoms with Gasteiger partial charge in [0.15, 0.2) is 5.78 Å². The van der Waals surface area contributed by atoms with Crippen LogP contribution in [-0.4, -0.2) is 5.78 Å². The third kappa shape index (κ3) is 1.59. The third-order valence-corrected chi connectivity index (χ3v) is 4.31. The van der Waals surface area contributed by atoms with Gasteiger partial charge < -0.3 is 0 Å². The number of hydrogen-bond donors (Lipinski definition) is 0. The molecule has 0 N–H and O–H groups in total. The van der Waals surface area contributed by atoms with Crippen LogP contribution >= 0.6 is 0 Å². The van der Waals surface area contributed by atoms with Crippen molar-refractivity contribution in [2.24, 2.45) is 5.92 Å². The minimum absolute atomic E-state index is 0.352. The topological polar surface area (TPSA) is 17.1 Å². The Balaban J connectivity index is 1.97. The van der Waals surface area contributed by atoms with Crippen LogP contribution in [0.3, 0.4) is 0 Å². The molecule has 3 rings (SSSR count). The minimum Gasteiger partial charge on any atom is -0.294 e. The second-order valence-corrected chi connectivity index (χ2v) is 5.20. The fraction of sp³-hybridized carbons (Fsp3) is 0.533. The summed E-state index contributed by atoms with van der Waals surface area (Å²) in [6.45, 7) is 0. The predicted molar refractivity (Wildman–Crippen MR) is 64.7 cm³/mol. The van der Waals surface area contributed by atoms with E-state index in [0.717, 1.165) is 24.3 Å². The Kier molecular flexibility index (Phi) is 2.55. The van der Waals surface area contributed by atoms with Crippen molar-refractivity contribution in [3.8, 4) is 0 Å². The highest BCUT2D eigenvalue weighted by Crippen LogP contribution is 2.43. The zero-order valence-electron chi connectivity index (χ0n) is 9.61. The molecule has 1 fully saturated rings. The number of rotatable bonds is 1. The number of hydrogen-bond acceptors (Lipinski definition) is 1. The average molecular weight is 214 g/mol. The molecule has 84 valence electrons. The van der Waals surface area contributed by atoms with Crippen molar-refractivity contribution >= 4 is 5.78 Å². The molecule has 0 heterocycles. The van der Waals surface area contributed by atoms with Gasteiger partial charge >= 0.3 is 0 Å². The van der Waals surface area contributed by atoms with Gasteiger partial charge in [-0.15, -0.1) is 0 Å². The summed E-state index contributed by atoms with van der Waals surface area (Å²) in [5.41, 5.74) is 2.34. The lowest BCUT2D eigenvalue weighted by Crippen LogP contribution is -2.20. The molecule has 0 aromatic heterocycles. The van der Waals surface area contributed by atoms with E-state index in [2.05, 4.69) is 12.1 Å². The van der Waals surface area contributed by atoms with Crippen molar-refractivity contribution in [3.05, 3.63) is 35.4 Å². The maximum absolute atomic E-state index is 11.8. The molecule has 0 radical (unpaired) electrons. The van der Waals surface area contributed by atoms with E-state index in [1.54, 1.807) is 0 Å². The molecule has 0 amide bonds. The number of Topliss-reactive ketones (excluding diaryl/α,β-unsaturated/α-hetero) is 1. The summed E-state index contributed by atoms with van der Waals surface area (Å²) in [5.74, 6) is 1.86. The van der Waals surface area contributed by atoms with Crippen molar-refractivity contribution in [2.75, 3.05) is 0 Å². The first-order valence-electron chi connectivity index (χ1n) is 6.48. The number of benzene rings is 1. The second-order valence-electron chi connectivity index (χ2n) is 5.20. The lowest BCUT2D eigenvalue weighted by molar-refractivity contribution is 0.0961. The minimum atomic E-state index is 0.352. The molecule has 0 aliphatic heterocycles. The van der Waals surface area contributed by atoms with Gasteiger partial charge in [0, 0.05) is 12.0 Å². The van der Waals surface area contributed by atoms with Crippen LogP contribution in [0.2, 0.25) is 0 Å². The van der Waals surface area contributed by atoms with Crippen LogP contribution < -0.4 is 0 Å². The molecule has 0 saturated heterocycles. The van der Waals surface area contributed by atoms with E-state index in [1.165, 1.54) is 31.2 Å². The Morgan fingerprint density at radius 2 is 1.75 bits per heavy atom. The van der Waals surface area contributed by atoms with Crippen LogP contribution in [0.15, 0.2) is 24.3 Å². The summed E-state index contributed by atoms with van der Waals surface area (Å²) in [7, 11) is 0. The second kappa shape index (κ2) is 4.04. The van der Waals surface area contributed by atoms with Crippen LogP contribution in [0.1, 0.15) is 60.4 Å². The highest BCUT2D eigenvalue weighted by Gasteiger charge is 2.32. The molecule has 1 atom stereocenters. The van der Waals surface area contributed by atoms with E-state index < -0.39 is 0 Å².